The average molecular weight is 287 g/mol. The van der Waals surface area contributed by atoms with Crippen LogP contribution >= 0.6 is 0 Å². The lowest BCUT2D eigenvalue weighted by Crippen LogP contribution is -2.60. The predicted octanol–water partition coefficient (Wildman–Crippen LogP) is -0.0739. The largest absolute Gasteiger partial charge is 0.464 e. The molecule has 0 saturated carbocycles. The average Bonchev–Trinajstić information content (AvgIpc) is 2.37. The van der Waals surface area contributed by atoms with Crippen LogP contribution in [0, 0.1) is 0 Å². The standard InChI is InChI=1S/C13H21NO6/c1-4-19-11(17)13(14-10(3)16,8-6-7-9-15)12(18)20-5-2/h6-7,15H,4-5,8-9H2,1-3H3,(H,14,16)/b7-6-. The van der Waals surface area contributed by atoms with Crippen LogP contribution in [0.1, 0.15) is 27.2 Å². The number of nitrogens with one attached hydrogen (secondary N) is 1. The SMILES string of the molecule is CCOC(=O)C(C/C=C\CO)(NC(C)=O)C(=O)OCC. The highest BCUT2D eigenvalue weighted by atomic mass is 16.6. The number of ether oxygens (including phenoxy) is 2. The van der Waals surface area contributed by atoms with E-state index < -0.39 is 23.4 Å². The van der Waals surface area contributed by atoms with Gasteiger partial charge in [-0.15, -0.1) is 0 Å². The van der Waals surface area contributed by atoms with E-state index in [-0.39, 0.29) is 26.2 Å². The van der Waals surface area contributed by atoms with Crippen molar-refractivity contribution in [3.8, 4) is 0 Å². The Morgan fingerprint density at radius 2 is 1.60 bits per heavy atom. The third-order valence-electron chi connectivity index (χ3n) is 2.33. The summed E-state index contributed by atoms with van der Waals surface area (Å²) in [5, 5.41) is 11.0. The summed E-state index contributed by atoms with van der Waals surface area (Å²) in [4.78, 5) is 35.5. The number of esters is 2. The van der Waals surface area contributed by atoms with E-state index in [2.05, 4.69) is 5.32 Å². The van der Waals surface area contributed by atoms with Gasteiger partial charge in [0.15, 0.2) is 0 Å². The summed E-state index contributed by atoms with van der Waals surface area (Å²) in [6.45, 7) is 4.23. The van der Waals surface area contributed by atoms with Crippen LogP contribution in [-0.4, -0.2) is 48.3 Å². The van der Waals surface area contributed by atoms with E-state index in [9.17, 15) is 14.4 Å². The summed E-state index contributed by atoms with van der Waals surface area (Å²) < 4.78 is 9.71. The van der Waals surface area contributed by atoms with Gasteiger partial charge < -0.3 is 19.9 Å². The third kappa shape index (κ3) is 5.00. The summed E-state index contributed by atoms with van der Waals surface area (Å²) >= 11 is 0. The van der Waals surface area contributed by atoms with Crippen molar-refractivity contribution in [2.75, 3.05) is 19.8 Å². The second kappa shape index (κ2) is 9.08. The Labute approximate surface area is 117 Å². The molecule has 0 fully saturated rings. The zero-order valence-electron chi connectivity index (χ0n) is 12.0. The molecule has 0 radical (unpaired) electrons. The minimum Gasteiger partial charge on any atom is -0.464 e. The number of aliphatic hydroxyl groups is 1. The Balaban J connectivity index is 5.48. The molecule has 0 atom stereocenters. The maximum atomic E-state index is 12.1. The fourth-order valence-electron chi connectivity index (χ4n) is 1.55. The highest BCUT2D eigenvalue weighted by Crippen LogP contribution is 2.17. The molecule has 20 heavy (non-hydrogen) atoms. The van der Waals surface area contributed by atoms with Crippen molar-refractivity contribution in [3.05, 3.63) is 12.2 Å². The van der Waals surface area contributed by atoms with Crippen LogP contribution in [0.3, 0.4) is 0 Å². The molecule has 0 rings (SSSR count). The summed E-state index contributed by atoms with van der Waals surface area (Å²) in [5.41, 5.74) is -1.93. The van der Waals surface area contributed by atoms with E-state index >= 15 is 0 Å². The second-order valence-electron chi connectivity index (χ2n) is 3.89. The van der Waals surface area contributed by atoms with Crippen LogP contribution in [0.25, 0.3) is 0 Å². The first-order valence-corrected chi connectivity index (χ1v) is 6.33. The summed E-state index contributed by atoms with van der Waals surface area (Å²) in [5.74, 6) is -2.35. The smallest absolute Gasteiger partial charge is 0.344 e. The Hall–Kier alpha value is -1.89. The van der Waals surface area contributed by atoms with Gasteiger partial charge in [-0.25, -0.2) is 9.59 Å². The number of hydrogen-bond donors (Lipinski definition) is 2. The molecular weight excluding hydrogens is 266 g/mol. The van der Waals surface area contributed by atoms with Crippen molar-refractivity contribution in [2.24, 2.45) is 0 Å². The van der Waals surface area contributed by atoms with Gasteiger partial charge in [0.25, 0.3) is 0 Å². The van der Waals surface area contributed by atoms with Crippen molar-refractivity contribution < 1.29 is 29.0 Å². The summed E-state index contributed by atoms with van der Waals surface area (Å²) in [6.07, 6.45) is 2.60. The number of aliphatic hydroxyl groups excluding tert-OH is 1. The number of amides is 1. The van der Waals surface area contributed by atoms with E-state index in [4.69, 9.17) is 14.6 Å². The van der Waals surface area contributed by atoms with E-state index in [0.717, 1.165) is 0 Å². The van der Waals surface area contributed by atoms with Crippen molar-refractivity contribution in [3.63, 3.8) is 0 Å². The van der Waals surface area contributed by atoms with Gasteiger partial charge >= 0.3 is 11.9 Å². The van der Waals surface area contributed by atoms with Crippen LogP contribution in [0.15, 0.2) is 12.2 Å². The molecule has 7 heteroatoms. The van der Waals surface area contributed by atoms with E-state index in [1.54, 1.807) is 13.8 Å². The number of carbonyl (C=O) groups is 3. The van der Waals surface area contributed by atoms with Crippen molar-refractivity contribution >= 4 is 17.8 Å². The van der Waals surface area contributed by atoms with E-state index in [1.165, 1.54) is 19.1 Å². The molecule has 0 aliphatic heterocycles. The van der Waals surface area contributed by atoms with Crippen LogP contribution in [0.5, 0.6) is 0 Å². The molecule has 1 amide bonds. The number of hydrogen-bond acceptors (Lipinski definition) is 6. The zero-order chi connectivity index (χ0) is 15.6. The van der Waals surface area contributed by atoms with Crippen molar-refractivity contribution in [1.82, 2.24) is 5.32 Å². The Kier molecular flexibility index (Phi) is 8.23. The van der Waals surface area contributed by atoms with E-state index in [1.807, 2.05) is 0 Å². The molecule has 0 aliphatic carbocycles. The molecule has 2 N–H and O–H groups in total. The molecule has 7 nitrogen and oxygen atoms in total. The van der Waals surface area contributed by atoms with Gasteiger partial charge in [0, 0.05) is 13.3 Å². The molecule has 114 valence electrons. The number of carbonyl (C=O) groups excluding carboxylic acids is 3. The lowest BCUT2D eigenvalue weighted by atomic mass is 9.94. The third-order valence-corrected chi connectivity index (χ3v) is 2.33. The van der Waals surface area contributed by atoms with Crippen LogP contribution in [-0.2, 0) is 23.9 Å². The Bertz CT molecular complexity index is 359. The van der Waals surface area contributed by atoms with Gasteiger partial charge in [-0.05, 0) is 13.8 Å². The fraction of sp³-hybridized carbons (Fsp3) is 0.615. The molecule has 0 aromatic heterocycles. The van der Waals surface area contributed by atoms with Gasteiger partial charge in [-0.2, -0.15) is 0 Å². The minimum absolute atomic E-state index is 0.0588. The monoisotopic (exact) mass is 287 g/mol. The van der Waals surface area contributed by atoms with Crippen LogP contribution < -0.4 is 5.32 Å². The molecule has 0 aromatic rings. The van der Waals surface area contributed by atoms with Gasteiger partial charge in [0.1, 0.15) is 0 Å². The Morgan fingerprint density at radius 1 is 1.10 bits per heavy atom. The van der Waals surface area contributed by atoms with Crippen molar-refractivity contribution in [2.45, 2.75) is 32.7 Å². The van der Waals surface area contributed by atoms with E-state index in [0.29, 0.717) is 0 Å². The fourth-order valence-corrected chi connectivity index (χ4v) is 1.55. The maximum absolute atomic E-state index is 12.1. The first kappa shape index (κ1) is 18.1. The lowest BCUT2D eigenvalue weighted by Gasteiger charge is -2.28. The van der Waals surface area contributed by atoms with Gasteiger partial charge in [0.2, 0.25) is 11.4 Å². The molecule has 0 saturated heterocycles. The first-order valence-electron chi connectivity index (χ1n) is 6.33. The zero-order valence-corrected chi connectivity index (χ0v) is 12.0. The number of rotatable bonds is 8. The molecule has 0 aromatic carbocycles. The quantitative estimate of drug-likeness (QED) is 0.368. The molecular formula is C13H21NO6. The van der Waals surface area contributed by atoms with Crippen LogP contribution in [0.4, 0.5) is 0 Å². The molecule has 0 heterocycles. The molecule has 0 bridgehead atoms. The van der Waals surface area contributed by atoms with Gasteiger partial charge in [-0.1, -0.05) is 12.2 Å². The van der Waals surface area contributed by atoms with Crippen molar-refractivity contribution in [1.29, 1.82) is 0 Å². The van der Waals surface area contributed by atoms with Crippen LogP contribution in [0.2, 0.25) is 0 Å². The van der Waals surface area contributed by atoms with Gasteiger partial charge in [0.05, 0.1) is 19.8 Å². The Morgan fingerprint density at radius 3 is 1.95 bits per heavy atom. The lowest BCUT2D eigenvalue weighted by molar-refractivity contribution is -0.167. The summed E-state index contributed by atoms with van der Waals surface area (Å²) in [6, 6.07) is 0. The second-order valence-corrected chi connectivity index (χ2v) is 3.89. The maximum Gasteiger partial charge on any atom is 0.344 e. The highest BCUT2D eigenvalue weighted by molar-refractivity contribution is 6.07. The highest BCUT2D eigenvalue weighted by Gasteiger charge is 2.49. The minimum atomic E-state index is -1.93. The molecule has 0 unspecified atom stereocenters. The molecule has 0 aliphatic rings. The topological polar surface area (TPSA) is 102 Å². The molecule has 0 spiro atoms. The summed E-state index contributed by atoms with van der Waals surface area (Å²) in [7, 11) is 0. The first-order chi connectivity index (χ1) is 9.44. The predicted molar refractivity (Wildman–Crippen MR) is 70.7 cm³/mol. The normalized spacial score (nSPS) is 11.2. The van der Waals surface area contributed by atoms with Gasteiger partial charge in [-0.3, -0.25) is 4.79 Å².